The molecule has 84 valence electrons. The Hall–Kier alpha value is -1.23. The van der Waals surface area contributed by atoms with Crippen molar-refractivity contribution >= 4 is 17.5 Å². The lowest BCUT2D eigenvalue weighted by atomic mass is 10.5. The Morgan fingerprint density at radius 1 is 1.27 bits per heavy atom. The maximum absolute atomic E-state index is 5.63. The van der Waals surface area contributed by atoms with E-state index in [0.29, 0.717) is 30.1 Å². The summed E-state index contributed by atoms with van der Waals surface area (Å²) < 4.78 is 10.1. The molecule has 0 N–H and O–H groups in total. The van der Waals surface area contributed by atoms with Crippen molar-refractivity contribution in [2.24, 2.45) is 0 Å². The molecule has 0 bridgehead atoms. The first-order valence-corrected chi connectivity index (χ1v) is 4.99. The van der Waals surface area contributed by atoms with Crippen LogP contribution in [0.2, 0.25) is 0 Å². The highest BCUT2D eigenvalue weighted by molar-refractivity contribution is 6.18. The van der Waals surface area contributed by atoms with Crippen molar-refractivity contribution in [1.29, 1.82) is 0 Å². The summed E-state index contributed by atoms with van der Waals surface area (Å²) in [6.45, 7) is 0.665. The molecule has 1 rings (SSSR count). The summed E-state index contributed by atoms with van der Waals surface area (Å²) in [5.41, 5.74) is 0. The van der Waals surface area contributed by atoms with E-state index in [1.165, 1.54) is 0 Å². The number of methoxy groups -OCH3 is 2. The maximum Gasteiger partial charge on any atom is 0.231 e. The minimum Gasteiger partial charge on any atom is -0.481 e. The molecule has 0 amide bonds. The van der Waals surface area contributed by atoms with Crippen molar-refractivity contribution in [2.75, 3.05) is 38.6 Å². The second-order valence-corrected chi connectivity index (χ2v) is 3.24. The fraction of sp³-hybridized carbons (Fsp3) is 0.556. The Balaban J connectivity index is 2.95. The number of alkyl halides is 1. The first kappa shape index (κ1) is 11.8. The third-order valence-electron chi connectivity index (χ3n) is 1.85. The monoisotopic (exact) mass is 231 g/mol. The average Bonchev–Trinajstić information content (AvgIpc) is 2.28. The number of halogens is 1. The number of hydrogen-bond donors (Lipinski definition) is 0. The molecular formula is C9H14ClN3O2. The van der Waals surface area contributed by atoms with Crippen LogP contribution in [0.25, 0.3) is 0 Å². The van der Waals surface area contributed by atoms with Gasteiger partial charge in [-0.2, -0.15) is 9.97 Å². The molecule has 0 saturated carbocycles. The third-order valence-corrected chi connectivity index (χ3v) is 2.02. The molecule has 1 aromatic rings. The van der Waals surface area contributed by atoms with Crippen LogP contribution in [0.15, 0.2) is 6.07 Å². The van der Waals surface area contributed by atoms with E-state index in [1.807, 2.05) is 11.9 Å². The molecule has 0 aliphatic rings. The summed E-state index contributed by atoms with van der Waals surface area (Å²) in [7, 11) is 4.96. The van der Waals surface area contributed by atoms with E-state index in [1.54, 1.807) is 20.3 Å². The average molecular weight is 232 g/mol. The van der Waals surface area contributed by atoms with Crippen molar-refractivity contribution < 1.29 is 9.47 Å². The normalized spacial score (nSPS) is 9.87. The fourth-order valence-corrected chi connectivity index (χ4v) is 1.25. The quantitative estimate of drug-likeness (QED) is 0.712. The molecule has 1 aromatic heterocycles. The van der Waals surface area contributed by atoms with Gasteiger partial charge in [0.2, 0.25) is 17.7 Å². The second-order valence-electron chi connectivity index (χ2n) is 2.86. The molecule has 1 heterocycles. The SMILES string of the molecule is COc1cc(OC)nc(N(C)CCCl)n1. The molecule has 0 saturated heterocycles. The molecule has 6 heteroatoms. The molecule has 0 radical (unpaired) electrons. The lowest BCUT2D eigenvalue weighted by Gasteiger charge is -2.16. The van der Waals surface area contributed by atoms with E-state index in [4.69, 9.17) is 21.1 Å². The molecule has 15 heavy (non-hydrogen) atoms. The smallest absolute Gasteiger partial charge is 0.231 e. The van der Waals surface area contributed by atoms with E-state index >= 15 is 0 Å². The van der Waals surface area contributed by atoms with E-state index in [9.17, 15) is 0 Å². The zero-order valence-electron chi connectivity index (χ0n) is 9.03. The van der Waals surface area contributed by atoms with Crippen LogP contribution in [0.5, 0.6) is 11.8 Å². The predicted molar refractivity (Wildman–Crippen MR) is 59.1 cm³/mol. The second kappa shape index (κ2) is 5.60. The summed E-state index contributed by atoms with van der Waals surface area (Å²) in [6, 6.07) is 1.62. The largest absolute Gasteiger partial charge is 0.481 e. The van der Waals surface area contributed by atoms with Gasteiger partial charge in [-0.25, -0.2) is 0 Å². The molecule has 0 spiro atoms. The van der Waals surface area contributed by atoms with Gasteiger partial charge in [0.05, 0.1) is 20.3 Å². The summed E-state index contributed by atoms with van der Waals surface area (Å²) >= 11 is 5.63. The van der Waals surface area contributed by atoms with Gasteiger partial charge in [-0.05, 0) is 0 Å². The standard InChI is InChI=1S/C9H14ClN3O2/c1-13(5-4-10)9-11-7(14-2)6-8(12-9)15-3/h6H,4-5H2,1-3H3. The minimum atomic E-state index is 0.471. The van der Waals surface area contributed by atoms with Gasteiger partial charge in [0.15, 0.2) is 0 Å². The van der Waals surface area contributed by atoms with Crippen LogP contribution in [0.3, 0.4) is 0 Å². The van der Waals surface area contributed by atoms with Gasteiger partial charge in [-0.3, -0.25) is 0 Å². The first-order chi connectivity index (χ1) is 7.21. The molecule has 0 aliphatic heterocycles. The molecular weight excluding hydrogens is 218 g/mol. The molecule has 0 aromatic carbocycles. The number of rotatable bonds is 5. The highest BCUT2D eigenvalue weighted by Gasteiger charge is 2.08. The minimum absolute atomic E-state index is 0.471. The third kappa shape index (κ3) is 3.13. The number of anilines is 1. The van der Waals surface area contributed by atoms with Crippen LogP contribution in [0.1, 0.15) is 0 Å². The Labute approximate surface area is 94.0 Å². The van der Waals surface area contributed by atoms with E-state index in [0.717, 1.165) is 0 Å². The van der Waals surface area contributed by atoms with Gasteiger partial charge < -0.3 is 14.4 Å². The maximum atomic E-state index is 5.63. The van der Waals surface area contributed by atoms with Gasteiger partial charge in [0, 0.05) is 19.5 Å². The van der Waals surface area contributed by atoms with Crippen LogP contribution >= 0.6 is 11.6 Å². The van der Waals surface area contributed by atoms with Gasteiger partial charge in [0.25, 0.3) is 0 Å². The van der Waals surface area contributed by atoms with E-state index in [2.05, 4.69) is 9.97 Å². The number of ether oxygens (including phenoxy) is 2. The van der Waals surface area contributed by atoms with Crippen LogP contribution in [-0.4, -0.2) is 43.7 Å². The fourth-order valence-electron chi connectivity index (χ4n) is 0.999. The van der Waals surface area contributed by atoms with Crippen molar-refractivity contribution in [3.63, 3.8) is 0 Å². The molecule has 0 aliphatic carbocycles. The first-order valence-electron chi connectivity index (χ1n) is 4.45. The number of aromatic nitrogens is 2. The van der Waals surface area contributed by atoms with E-state index in [-0.39, 0.29) is 0 Å². The Morgan fingerprint density at radius 3 is 2.20 bits per heavy atom. The highest BCUT2D eigenvalue weighted by atomic mass is 35.5. The Bertz CT molecular complexity index is 300. The van der Waals surface area contributed by atoms with Gasteiger partial charge in [-0.15, -0.1) is 11.6 Å². The van der Waals surface area contributed by atoms with Crippen molar-refractivity contribution in [3.05, 3.63) is 6.07 Å². The molecule has 5 nitrogen and oxygen atoms in total. The zero-order valence-corrected chi connectivity index (χ0v) is 9.78. The molecule has 0 fully saturated rings. The van der Waals surface area contributed by atoms with Gasteiger partial charge >= 0.3 is 0 Å². The van der Waals surface area contributed by atoms with Gasteiger partial charge in [-0.1, -0.05) is 0 Å². The predicted octanol–water partition coefficient (Wildman–Crippen LogP) is 1.17. The lowest BCUT2D eigenvalue weighted by Crippen LogP contribution is -2.22. The topological polar surface area (TPSA) is 47.5 Å². The van der Waals surface area contributed by atoms with Crippen molar-refractivity contribution in [2.45, 2.75) is 0 Å². The lowest BCUT2D eigenvalue weighted by molar-refractivity contribution is 0.372. The van der Waals surface area contributed by atoms with Crippen LogP contribution < -0.4 is 14.4 Å². The Morgan fingerprint density at radius 2 is 1.80 bits per heavy atom. The summed E-state index contributed by atoms with van der Waals surface area (Å²) in [4.78, 5) is 10.2. The number of nitrogens with zero attached hydrogens (tertiary/aromatic N) is 3. The van der Waals surface area contributed by atoms with Crippen molar-refractivity contribution in [1.82, 2.24) is 9.97 Å². The number of hydrogen-bond acceptors (Lipinski definition) is 5. The van der Waals surface area contributed by atoms with Crippen LogP contribution in [0.4, 0.5) is 5.95 Å². The van der Waals surface area contributed by atoms with Crippen LogP contribution in [0, 0.1) is 0 Å². The molecule has 0 atom stereocenters. The van der Waals surface area contributed by atoms with Crippen LogP contribution in [-0.2, 0) is 0 Å². The highest BCUT2D eigenvalue weighted by Crippen LogP contribution is 2.19. The Kier molecular flexibility index (Phi) is 4.42. The summed E-state index contributed by atoms with van der Waals surface area (Å²) in [5.74, 6) is 1.99. The zero-order chi connectivity index (χ0) is 11.3. The summed E-state index contributed by atoms with van der Waals surface area (Å²) in [6.07, 6.45) is 0. The van der Waals surface area contributed by atoms with Crippen molar-refractivity contribution in [3.8, 4) is 11.8 Å². The molecule has 0 unspecified atom stereocenters. The van der Waals surface area contributed by atoms with E-state index < -0.39 is 0 Å². The van der Waals surface area contributed by atoms with Gasteiger partial charge in [0.1, 0.15) is 0 Å². The summed E-state index contributed by atoms with van der Waals surface area (Å²) in [5, 5.41) is 0.